The normalized spacial score (nSPS) is 15.0. The van der Waals surface area contributed by atoms with Gasteiger partial charge in [0.25, 0.3) is 36.3 Å². The molecule has 23 nitrogen and oxygen atoms in total. The minimum atomic E-state index is -5.12. The molecule has 0 aliphatic carbocycles. The number of ether oxygens (including phenoxy) is 2. The summed E-state index contributed by atoms with van der Waals surface area (Å²) < 4.78 is 112. The third-order valence-corrected chi connectivity index (χ3v) is 11.8. The number of amides is 1. The van der Waals surface area contributed by atoms with Crippen molar-refractivity contribution in [2.24, 2.45) is 35.8 Å². The van der Waals surface area contributed by atoms with Gasteiger partial charge < -0.3 is 24.8 Å². The zero-order chi connectivity index (χ0) is 46.7. The van der Waals surface area contributed by atoms with Gasteiger partial charge in [-0.1, -0.05) is 0 Å². The Balaban J connectivity index is 1.34. The minimum Gasteiger partial charge on any atom is -0.505 e. The van der Waals surface area contributed by atoms with Crippen molar-refractivity contribution in [2.45, 2.75) is 41.5 Å². The van der Waals surface area contributed by atoms with Gasteiger partial charge in [0, 0.05) is 17.5 Å². The second-order valence-corrected chi connectivity index (χ2v) is 17.8. The van der Waals surface area contributed by atoms with Crippen LogP contribution in [0.5, 0.6) is 17.2 Å². The minimum absolute atomic E-state index is 0.0125. The predicted molar refractivity (Wildman–Crippen MR) is 226 cm³/mol. The molecule has 1 atom stereocenters. The number of aliphatic hydroxyl groups excluding tert-OH is 2. The molecule has 1 aliphatic heterocycles. The molecule has 336 valence electrons. The van der Waals surface area contributed by atoms with Gasteiger partial charge in [-0.2, -0.15) is 50.7 Å². The number of carbonyl (C=O) groups is 1. The van der Waals surface area contributed by atoms with Gasteiger partial charge in [-0.15, -0.1) is 15.3 Å². The second-order valence-electron chi connectivity index (χ2n) is 13.6. The standard InChI is InChI=1S/C38H36N8O15S3/c1-20-15-33(63(54,55)56)21(2)14-28(20)40-41-29-18-32(61-13-11-48)30(19-31(29)60-12-10-47)42-44-36-34(64(57,58)59)17-23-16-24(4-9-27(23)37(36)49)39-43-35-22(3)45-46(38(35)50)25-5-7-26(8-6-25)62(51,52)53/h4-9,14-19,35,47-49H,10-13H2,1-3H3,(H,51,52,53)(H,54,55,56)(H,57,58,59). The van der Waals surface area contributed by atoms with Crippen molar-refractivity contribution in [3.63, 3.8) is 0 Å². The van der Waals surface area contributed by atoms with Crippen LogP contribution in [0.4, 0.5) is 34.1 Å². The molecule has 1 heterocycles. The number of hydrazone groups is 1. The molecule has 64 heavy (non-hydrogen) atoms. The molecule has 0 bridgehead atoms. The fourth-order valence-corrected chi connectivity index (χ4v) is 7.99. The van der Waals surface area contributed by atoms with E-state index >= 15 is 0 Å². The quantitative estimate of drug-likeness (QED) is 0.0463. The molecule has 5 aromatic carbocycles. The van der Waals surface area contributed by atoms with E-state index in [0.717, 1.165) is 23.2 Å². The summed E-state index contributed by atoms with van der Waals surface area (Å²) in [5.74, 6) is -1.56. The van der Waals surface area contributed by atoms with Crippen LogP contribution >= 0.6 is 0 Å². The molecule has 0 saturated heterocycles. The first-order valence-corrected chi connectivity index (χ1v) is 22.6. The van der Waals surface area contributed by atoms with E-state index in [1.807, 2.05) is 0 Å². The summed E-state index contributed by atoms with van der Waals surface area (Å²) in [4.78, 5) is 11.6. The van der Waals surface area contributed by atoms with Crippen LogP contribution in [0.15, 0.2) is 123 Å². The number of aliphatic hydroxyl groups is 2. The number of aromatic hydroxyl groups is 1. The average Bonchev–Trinajstić information content (AvgIpc) is 3.51. The van der Waals surface area contributed by atoms with Gasteiger partial charge in [0.15, 0.2) is 11.8 Å². The Morgan fingerprint density at radius 1 is 0.656 bits per heavy atom. The lowest BCUT2D eigenvalue weighted by Gasteiger charge is -2.13. The summed E-state index contributed by atoms with van der Waals surface area (Å²) in [6, 6.07) is 13.6. The van der Waals surface area contributed by atoms with E-state index in [9.17, 15) is 59.0 Å². The maximum atomic E-state index is 13.2. The Bertz CT molecular complexity index is 3140. The predicted octanol–water partition coefficient (Wildman–Crippen LogP) is 6.35. The van der Waals surface area contributed by atoms with E-state index in [2.05, 4.69) is 35.8 Å². The Kier molecular flexibility index (Phi) is 13.6. The van der Waals surface area contributed by atoms with Gasteiger partial charge in [0.05, 0.1) is 45.8 Å². The molecule has 26 heteroatoms. The van der Waals surface area contributed by atoms with E-state index in [0.29, 0.717) is 5.56 Å². The van der Waals surface area contributed by atoms with Gasteiger partial charge in [0.2, 0.25) is 0 Å². The van der Waals surface area contributed by atoms with Crippen LogP contribution in [0.2, 0.25) is 0 Å². The van der Waals surface area contributed by atoms with Crippen LogP contribution in [-0.4, -0.2) is 98.3 Å². The zero-order valence-electron chi connectivity index (χ0n) is 33.5. The van der Waals surface area contributed by atoms with Gasteiger partial charge in [-0.3, -0.25) is 18.5 Å². The van der Waals surface area contributed by atoms with Crippen molar-refractivity contribution >= 4 is 86.9 Å². The van der Waals surface area contributed by atoms with E-state index in [1.165, 1.54) is 75.4 Å². The third kappa shape index (κ3) is 10.4. The number of phenolic OH excluding ortho intramolecular Hbond substituents is 1. The molecule has 5 aromatic rings. The number of aryl methyl sites for hydroxylation is 2. The molecule has 0 radical (unpaired) electrons. The fourth-order valence-electron chi connectivity index (χ4n) is 6.06. The van der Waals surface area contributed by atoms with Crippen molar-refractivity contribution in [1.29, 1.82) is 0 Å². The molecule has 0 aromatic heterocycles. The second kappa shape index (κ2) is 18.6. The Morgan fingerprint density at radius 3 is 1.80 bits per heavy atom. The maximum absolute atomic E-state index is 13.2. The summed E-state index contributed by atoms with van der Waals surface area (Å²) in [5.41, 5.74) is 0.326. The van der Waals surface area contributed by atoms with E-state index in [4.69, 9.17) is 9.47 Å². The number of benzene rings is 5. The highest BCUT2D eigenvalue weighted by Crippen LogP contribution is 2.45. The number of rotatable bonds is 16. The topological polar surface area (TPSA) is 349 Å². The summed E-state index contributed by atoms with van der Waals surface area (Å²) in [6.45, 7) is 3.04. The van der Waals surface area contributed by atoms with Crippen LogP contribution in [0, 0.1) is 13.8 Å². The number of azo groups is 3. The van der Waals surface area contributed by atoms with Crippen molar-refractivity contribution in [2.75, 3.05) is 31.4 Å². The molecule has 0 saturated carbocycles. The number of hydrogen-bond acceptors (Lipinski definition) is 19. The largest absolute Gasteiger partial charge is 0.505 e. The smallest absolute Gasteiger partial charge is 0.296 e. The van der Waals surface area contributed by atoms with Gasteiger partial charge in [0.1, 0.15) is 46.7 Å². The van der Waals surface area contributed by atoms with Crippen molar-refractivity contribution in [3.8, 4) is 17.2 Å². The lowest BCUT2D eigenvalue weighted by Crippen LogP contribution is -2.29. The molecule has 0 fully saturated rings. The zero-order valence-corrected chi connectivity index (χ0v) is 35.9. The molecule has 0 spiro atoms. The lowest BCUT2D eigenvalue weighted by atomic mass is 10.1. The number of anilines is 1. The number of hydrogen-bond donors (Lipinski definition) is 6. The van der Waals surface area contributed by atoms with Gasteiger partial charge >= 0.3 is 0 Å². The van der Waals surface area contributed by atoms with Crippen LogP contribution in [0.3, 0.4) is 0 Å². The summed E-state index contributed by atoms with van der Waals surface area (Å²) in [5, 5.41) is 60.2. The molecular formula is C38H36N8O15S3. The molecule has 1 aliphatic rings. The summed E-state index contributed by atoms with van der Waals surface area (Å²) in [7, 11) is -14.1. The summed E-state index contributed by atoms with van der Waals surface area (Å²) in [6.07, 6.45) is 0. The van der Waals surface area contributed by atoms with Gasteiger partial charge in [-0.05, 0) is 97.9 Å². The number of nitrogens with zero attached hydrogens (tertiary/aromatic N) is 8. The first-order valence-electron chi connectivity index (χ1n) is 18.3. The Hall–Kier alpha value is -6.65. The molecular weight excluding hydrogens is 905 g/mol. The molecule has 6 N–H and O–H groups in total. The Labute approximate surface area is 364 Å². The highest BCUT2D eigenvalue weighted by atomic mass is 32.2. The Morgan fingerprint density at radius 2 is 1.23 bits per heavy atom. The maximum Gasteiger partial charge on any atom is 0.296 e. The van der Waals surface area contributed by atoms with Crippen molar-refractivity contribution in [3.05, 3.63) is 83.9 Å². The average molecular weight is 941 g/mol. The third-order valence-electron chi connectivity index (χ3n) is 9.11. The van der Waals surface area contributed by atoms with Crippen LogP contribution in [0.1, 0.15) is 18.1 Å². The molecule has 1 unspecified atom stereocenters. The van der Waals surface area contributed by atoms with E-state index < -0.39 is 76.7 Å². The highest BCUT2D eigenvalue weighted by molar-refractivity contribution is 7.86. The SMILES string of the molecule is CC1=NN(c2ccc(S(=O)(=O)O)cc2)C(=O)C1N=Nc1ccc2c(O)c(N=Nc3cc(OCCO)c(N=Nc4cc(C)c(S(=O)(=O)O)cc4C)cc3OCCO)c(S(=O)(=O)O)cc2c1. The molecule has 6 rings (SSSR count). The van der Waals surface area contributed by atoms with E-state index in [-0.39, 0.29) is 80.1 Å². The van der Waals surface area contributed by atoms with Crippen LogP contribution < -0.4 is 14.5 Å². The van der Waals surface area contributed by atoms with E-state index in [1.54, 1.807) is 0 Å². The number of phenols is 1. The summed E-state index contributed by atoms with van der Waals surface area (Å²) >= 11 is 0. The number of fused-ring (bicyclic) bond motifs is 1. The lowest BCUT2D eigenvalue weighted by molar-refractivity contribution is -0.117. The van der Waals surface area contributed by atoms with Crippen molar-refractivity contribution in [1.82, 2.24) is 0 Å². The number of carbonyl (C=O) groups excluding carboxylic acids is 1. The van der Waals surface area contributed by atoms with Gasteiger partial charge in [-0.25, -0.2) is 0 Å². The monoisotopic (exact) mass is 940 g/mol. The molecule has 1 amide bonds. The fraction of sp³-hybridized carbons (Fsp3) is 0.211. The first-order chi connectivity index (χ1) is 30.1. The van der Waals surface area contributed by atoms with Crippen LogP contribution in [-0.2, 0) is 35.1 Å². The first kappa shape index (κ1) is 46.8. The highest BCUT2D eigenvalue weighted by Gasteiger charge is 2.35. The van der Waals surface area contributed by atoms with Crippen molar-refractivity contribution < 1.29 is 68.5 Å². The van der Waals surface area contributed by atoms with Crippen LogP contribution in [0.25, 0.3) is 10.8 Å².